The van der Waals surface area contributed by atoms with E-state index in [-0.39, 0.29) is 0 Å². The van der Waals surface area contributed by atoms with Crippen LogP contribution in [0.25, 0.3) is 0 Å². The Kier molecular flexibility index (Phi) is 10.1. The van der Waals surface area contributed by atoms with E-state index in [2.05, 4.69) is 52.8 Å². The third-order valence-electron chi connectivity index (χ3n) is 2.71. The Hall–Kier alpha value is 0.748. The highest BCUT2D eigenvalue weighted by atomic mass is 28.5. The molecule has 3 nitrogen and oxygen atoms in total. The Balaban J connectivity index is 4.43. The van der Waals surface area contributed by atoms with Gasteiger partial charge in [-0.2, -0.15) is 0 Å². The first-order valence-electron chi connectivity index (χ1n) is 8.09. The van der Waals surface area contributed by atoms with E-state index >= 15 is 0 Å². The Morgan fingerprint density at radius 2 is 1.40 bits per heavy atom. The molecule has 0 spiro atoms. The lowest BCUT2D eigenvalue weighted by molar-refractivity contribution is 0.349. The standard InChI is InChI=1S/C13H36O3Si4/c1-9-10-11-12-13-18(15-19(4,5)6)16-20(7,8)14-17(2)3/h17-18H,9-13H2,1-8H3. The molecule has 0 aromatic heterocycles. The highest BCUT2D eigenvalue weighted by molar-refractivity contribution is 6.81. The molecule has 0 aromatic carbocycles. The monoisotopic (exact) mass is 352 g/mol. The van der Waals surface area contributed by atoms with Gasteiger partial charge in [0.2, 0.25) is 0 Å². The fourth-order valence-corrected chi connectivity index (χ4v) is 15.3. The van der Waals surface area contributed by atoms with E-state index in [1.54, 1.807) is 0 Å². The molecule has 20 heavy (non-hydrogen) atoms. The maximum atomic E-state index is 6.41. The van der Waals surface area contributed by atoms with Crippen LogP contribution in [0, 0.1) is 0 Å². The zero-order chi connectivity index (χ0) is 15.8. The zero-order valence-electron chi connectivity index (χ0n) is 14.9. The van der Waals surface area contributed by atoms with Crippen LogP contribution in [-0.2, 0) is 12.3 Å². The van der Waals surface area contributed by atoms with Crippen LogP contribution in [0.15, 0.2) is 0 Å². The van der Waals surface area contributed by atoms with Crippen LogP contribution < -0.4 is 0 Å². The van der Waals surface area contributed by atoms with Gasteiger partial charge >= 0.3 is 17.8 Å². The lowest BCUT2D eigenvalue weighted by Gasteiger charge is -2.33. The summed E-state index contributed by atoms with van der Waals surface area (Å²) >= 11 is 0. The summed E-state index contributed by atoms with van der Waals surface area (Å²) in [5.74, 6) is 0. The molecule has 0 amide bonds. The van der Waals surface area contributed by atoms with Crippen LogP contribution in [0.2, 0.25) is 51.9 Å². The topological polar surface area (TPSA) is 27.7 Å². The van der Waals surface area contributed by atoms with Crippen molar-refractivity contribution >= 4 is 35.2 Å². The van der Waals surface area contributed by atoms with E-state index in [1.165, 1.54) is 25.7 Å². The van der Waals surface area contributed by atoms with Gasteiger partial charge in [0, 0.05) is 0 Å². The smallest absolute Gasteiger partial charge is 0.312 e. The molecule has 0 saturated heterocycles. The second-order valence-electron chi connectivity index (χ2n) is 7.19. The first-order chi connectivity index (χ1) is 9.06. The molecule has 0 aromatic rings. The summed E-state index contributed by atoms with van der Waals surface area (Å²) in [7, 11) is -6.09. The molecule has 1 atom stereocenters. The fourth-order valence-electron chi connectivity index (χ4n) is 2.19. The van der Waals surface area contributed by atoms with Gasteiger partial charge in [-0.1, -0.05) is 32.6 Å². The van der Waals surface area contributed by atoms with Crippen molar-refractivity contribution in [3.63, 3.8) is 0 Å². The predicted octanol–water partition coefficient (Wildman–Crippen LogP) is 4.36. The highest BCUT2D eigenvalue weighted by Crippen LogP contribution is 2.18. The van der Waals surface area contributed by atoms with E-state index in [9.17, 15) is 0 Å². The minimum absolute atomic E-state index is 1.03. The molecular weight excluding hydrogens is 316 g/mol. The van der Waals surface area contributed by atoms with E-state index in [0.29, 0.717) is 0 Å². The Labute approximate surface area is 132 Å². The van der Waals surface area contributed by atoms with E-state index in [4.69, 9.17) is 12.3 Å². The average Bonchev–Trinajstić information content (AvgIpc) is 2.19. The van der Waals surface area contributed by atoms with Crippen molar-refractivity contribution in [3.8, 4) is 0 Å². The molecule has 7 heteroatoms. The van der Waals surface area contributed by atoms with Gasteiger partial charge in [-0.15, -0.1) is 0 Å². The quantitative estimate of drug-likeness (QED) is 0.408. The molecule has 0 saturated carbocycles. The molecular formula is C13H36O3Si4. The zero-order valence-corrected chi connectivity index (χ0v) is 19.2. The molecule has 0 N–H and O–H groups in total. The van der Waals surface area contributed by atoms with Crippen LogP contribution in [0.4, 0.5) is 0 Å². The van der Waals surface area contributed by atoms with Crippen molar-refractivity contribution in [1.29, 1.82) is 0 Å². The lowest BCUT2D eigenvalue weighted by atomic mass is 10.2. The van der Waals surface area contributed by atoms with Crippen molar-refractivity contribution in [2.24, 2.45) is 0 Å². The summed E-state index contributed by atoms with van der Waals surface area (Å²) in [5, 5.41) is 0. The predicted molar refractivity (Wildman–Crippen MR) is 99.1 cm³/mol. The first kappa shape index (κ1) is 20.7. The lowest BCUT2D eigenvalue weighted by Crippen LogP contribution is -2.47. The fraction of sp³-hybridized carbons (Fsp3) is 1.00. The maximum Gasteiger partial charge on any atom is 0.312 e. The van der Waals surface area contributed by atoms with Crippen LogP contribution in [0.5, 0.6) is 0 Å². The normalized spacial score (nSPS) is 14.8. The molecule has 0 aliphatic rings. The van der Waals surface area contributed by atoms with Gasteiger partial charge in [-0.05, 0) is 51.9 Å². The number of unbranched alkanes of at least 4 members (excludes halogenated alkanes) is 3. The van der Waals surface area contributed by atoms with Crippen molar-refractivity contribution in [3.05, 3.63) is 0 Å². The molecule has 122 valence electrons. The summed E-state index contributed by atoms with van der Waals surface area (Å²) in [6.07, 6.45) is 5.16. The van der Waals surface area contributed by atoms with Crippen molar-refractivity contribution in [1.82, 2.24) is 0 Å². The van der Waals surface area contributed by atoms with E-state index in [0.717, 1.165) is 6.04 Å². The maximum absolute atomic E-state index is 6.41. The van der Waals surface area contributed by atoms with E-state index < -0.39 is 35.2 Å². The average molecular weight is 353 g/mol. The van der Waals surface area contributed by atoms with Gasteiger partial charge in [-0.3, -0.25) is 0 Å². The van der Waals surface area contributed by atoms with Gasteiger partial charge in [0.15, 0.2) is 17.4 Å². The molecule has 0 aliphatic carbocycles. The molecule has 0 fully saturated rings. The molecule has 0 bridgehead atoms. The van der Waals surface area contributed by atoms with Crippen LogP contribution in [0.3, 0.4) is 0 Å². The van der Waals surface area contributed by atoms with Crippen molar-refractivity contribution in [2.75, 3.05) is 0 Å². The Morgan fingerprint density at radius 3 is 1.85 bits per heavy atom. The summed E-state index contributed by atoms with van der Waals surface area (Å²) in [6, 6.07) is 1.14. The minimum Gasteiger partial charge on any atom is -0.440 e. The van der Waals surface area contributed by atoms with Crippen molar-refractivity contribution < 1.29 is 12.3 Å². The van der Waals surface area contributed by atoms with Gasteiger partial charge in [0.1, 0.15) is 0 Å². The van der Waals surface area contributed by atoms with E-state index in [1.807, 2.05) is 0 Å². The largest absolute Gasteiger partial charge is 0.440 e. The second-order valence-corrected chi connectivity index (χ2v) is 20.6. The van der Waals surface area contributed by atoms with Crippen LogP contribution >= 0.6 is 0 Å². The molecule has 0 heterocycles. The van der Waals surface area contributed by atoms with Crippen molar-refractivity contribution in [2.45, 2.75) is 84.5 Å². The number of hydrogen-bond donors (Lipinski definition) is 0. The minimum atomic E-state index is -1.98. The summed E-state index contributed by atoms with van der Waals surface area (Å²) < 4.78 is 18.9. The molecule has 1 unspecified atom stereocenters. The SMILES string of the molecule is CCCCCC[SiH](O[Si](C)(C)C)O[Si](C)(C)O[SiH](C)C. The first-order valence-corrected chi connectivity index (χ1v) is 18.9. The highest BCUT2D eigenvalue weighted by Gasteiger charge is 2.33. The van der Waals surface area contributed by atoms with Gasteiger partial charge in [0.05, 0.1) is 0 Å². The molecule has 0 radical (unpaired) electrons. The Bertz CT molecular complexity index is 254. The second kappa shape index (κ2) is 9.70. The van der Waals surface area contributed by atoms with Gasteiger partial charge in [0.25, 0.3) is 0 Å². The third-order valence-corrected chi connectivity index (χ3v) is 15.0. The number of rotatable bonds is 11. The van der Waals surface area contributed by atoms with Crippen LogP contribution in [-0.4, -0.2) is 35.2 Å². The summed E-state index contributed by atoms with van der Waals surface area (Å²) in [6.45, 7) is 17.8. The third kappa shape index (κ3) is 12.5. The number of hydrogen-bond acceptors (Lipinski definition) is 3. The van der Waals surface area contributed by atoms with Gasteiger partial charge in [-0.25, -0.2) is 0 Å². The molecule has 0 rings (SSSR count). The molecule has 0 aliphatic heterocycles. The summed E-state index contributed by atoms with van der Waals surface area (Å²) in [4.78, 5) is 0. The Morgan fingerprint density at radius 1 is 0.800 bits per heavy atom. The van der Waals surface area contributed by atoms with Crippen LogP contribution in [0.1, 0.15) is 32.6 Å². The summed E-state index contributed by atoms with van der Waals surface area (Å²) in [5.41, 5.74) is 0. The van der Waals surface area contributed by atoms with Gasteiger partial charge < -0.3 is 12.3 Å².